The second-order valence-electron chi connectivity index (χ2n) is 3.04. The molecule has 2 nitrogen and oxygen atoms in total. The van der Waals surface area contributed by atoms with Crippen molar-refractivity contribution < 1.29 is 9.53 Å². The van der Waals surface area contributed by atoms with Crippen LogP contribution in [0, 0.1) is 0 Å². The molecule has 0 aromatic heterocycles. The van der Waals surface area contributed by atoms with E-state index in [1.807, 2.05) is 30.3 Å². The van der Waals surface area contributed by atoms with Gasteiger partial charge in [-0.3, -0.25) is 4.79 Å². The van der Waals surface area contributed by atoms with E-state index in [0.717, 1.165) is 5.56 Å². The van der Waals surface area contributed by atoms with Crippen LogP contribution in [0.1, 0.15) is 11.5 Å². The van der Waals surface area contributed by atoms with Crippen LogP contribution in [0.2, 0.25) is 0 Å². The SMILES string of the molecule is C=CCOC(=O)C(C=C)c1ccccc1. The zero-order chi connectivity index (χ0) is 11.1. The van der Waals surface area contributed by atoms with Gasteiger partial charge in [-0.25, -0.2) is 0 Å². The van der Waals surface area contributed by atoms with Crippen LogP contribution < -0.4 is 0 Å². The van der Waals surface area contributed by atoms with E-state index in [-0.39, 0.29) is 12.6 Å². The van der Waals surface area contributed by atoms with Crippen LogP contribution in [0.25, 0.3) is 0 Å². The molecule has 0 saturated carbocycles. The normalized spacial score (nSPS) is 11.5. The maximum atomic E-state index is 11.6. The van der Waals surface area contributed by atoms with Crippen molar-refractivity contribution in [3.05, 3.63) is 61.2 Å². The number of carbonyl (C=O) groups excluding carboxylic acids is 1. The van der Waals surface area contributed by atoms with Gasteiger partial charge in [0, 0.05) is 0 Å². The molecule has 78 valence electrons. The summed E-state index contributed by atoms with van der Waals surface area (Å²) in [6.07, 6.45) is 3.13. The Bertz CT molecular complexity index is 341. The van der Waals surface area contributed by atoms with Crippen LogP contribution in [0.15, 0.2) is 55.6 Å². The molecule has 0 radical (unpaired) electrons. The number of hydrogen-bond donors (Lipinski definition) is 0. The zero-order valence-corrected chi connectivity index (χ0v) is 8.56. The molecule has 0 aliphatic carbocycles. The van der Waals surface area contributed by atoms with Gasteiger partial charge in [0.2, 0.25) is 0 Å². The van der Waals surface area contributed by atoms with E-state index in [0.29, 0.717) is 0 Å². The largest absolute Gasteiger partial charge is 0.461 e. The highest BCUT2D eigenvalue weighted by molar-refractivity contribution is 5.80. The van der Waals surface area contributed by atoms with Crippen molar-refractivity contribution in [3.63, 3.8) is 0 Å². The number of esters is 1. The number of ether oxygens (including phenoxy) is 1. The quantitative estimate of drug-likeness (QED) is 0.542. The lowest BCUT2D eigenvalue weighted by atomic mass is 10.00. The predicted molar refractivity (Wildman–Crippen MR) is 60.5 cm³/mol. The first-order valence-electron chi connectivity index (χ1n) is 4.74. The van der Waals surface area contributed by atoms with Crippen LogP contribution in [0.4, 0.5) is 0 Å². The maximum Gasteiger partial charge on any atom is 0.317 e. The van der Waals surface area contributed by atoms with Gasteiger partial charge in [0.25, 0.3) is 0 Å². The van der Waals surface area contributed by atoms with Crippen LogP contribution in [-0.4, -0.2) is 12.6 Å². The molecule has 0 heterocycles. The smallest absolute Gasteiger partial charge is 0.317 e. The summed E-state index contributed by atoms with van der Waals surface area (Å²) in [5, 5.41) is 0. The summed E-state index contributed by atoms with van der Waals surface area (Å²) in [6, 6.07) is 9.42. The zero-order valence-electron chi connectivity index (χ0n) is 8.56. The number of hydrogen-bond acceptors (Lipinski definition) is 2. The Labute approximate surface area is 89.9 Å². The molecule has 0 bridgehead atoms. The minimum Gasteiger partial charge on any atom is -0.461 e. The molecule has 1 aromatic rings. The third-order valence-electron chi connectivity index (χ3n) is 1.99. The minimum absolute atomic E-state index is 0.232. The molecule has 15 heavy (non-hydrogen) atoms. The van der Waals surface area contributed by atoms with E-state index in [1.54, 1.807) is 12.2 Å². The van der Waals surface area contributed by atoms with E-state index in [9.17, 15) is 4.79 Å². The van der Waals surface area contributed by atoms with E-state index in [2.05, 4.69) is 13.2 Å². The van der Waals surface area contributed by atoms with Crippen molar-refractivity contribution in [3.8, 4) is 0 Å². The number of carbonyl (C=O) groups is 1. The lowest BCUT2D eigenvalue weighted by Gasteiger charge is -2.11. The lowest BCUT2D eigenvalue weighted by molar-refractivity contribution is -0.142. The highest BCUT2D eigenvalue weighted by Gasteiger charge is 2.17. The molecule has 0 fully saturated rings. The molecule has 0 aliphatic rings. The van der Waals surface area contributed by atoms with Crippen molar-refractivity contribution >= 4 is 5.97 Å². The lowest BCUT2D eigenvalue weighted by Crippen LogP contribution is -2.13. The Kier molecular flexibility index (Phi) is 4.35. The van der Waals surface area contributed by atoms with E-state index in [1.165, 1.54) is 0 Å². The van der Waals surface area contributed by atoms with Gasteiger partial charge in [-0.05, 0) is 5.56 Å². The summed E-state index contributed by atoms with van der Waals surface area (Å²) in [7, 11) is 0. The fourth-order valence-electron chi connectivity index (χ4n) is 1.26. The Morgan fingerprint density at radius 3 is 2.53 bits per heavy atom. The number of rotatable bonds is 5. The van der Waals surface area contributed by atoms with Crippen LogP contribution in [0.3, 0.4) is 0 Å². The van der Waals surface area contributed by atoms with Gasteiger partial charge in [-0.15, -0.1) is 6.58 Å². The molecule has 0 saturated heterocycles. The highest BCUT2D eigenvalue weighted by atomic mass is 16.5. The van der Waals surface area contributed by atoms with Crippen molar-refractivity contribution in [2.24, 2.45) is 0 Å². The molecule has 1 atom stereocenters. The van der Waals surface area contributed by atoms with Crippen molar-refractivity contribution in [1.29, 1.82) is 0 Å². The van der Waals surface area contributed by atoms with Crippen LogP contribution >= 0.6 is 0 Å². The van der Waals surface area contributed by atoms with Gasteiger partial charge < -0.3 is 4.74 Å². The van der Waals surface area contributed by atoms with Crippen molar-refractivity contribution in [2.45, 2.75) is 5.92 Å². The second-order valence-corrected chi connectivity index (χ2v) is 3.04. The van der Waals surface area contributed by atoms with Gasteiger partial charge in [0.15, 0.2) is 0 Å². The standard InChI is InChI=1S/C13H14O2/c1-3-10-15-13(14)12(4-2)11-8-6-5-7-9-11/h3-9,12H,1-2,10H2. The van der Waals surface area contributed by atoms with E-state index in [4.69, 9.17) is 4.74 Å². The Hall–Kier alpha value is -1.83. The molecule has 2 heteroatoms. The molecule has 1 aromatic carbocycles. The molecule has 1 unspecified atom stereocenters. The summed E-state index contributed by atoms with van der Waals surface area (Å²) >= 11 is 0. The van der Waals surface area contributed by atoms with Gasteiger partial charge in [-0.2, -0.15) is 0 Å². The molecule has 0 amide bonds. The average molecular weight is 202 g/mol. The summed E-state index contributed by atoms with van der Waals surface area (Å²) < 4.78 is 4.97. The Balaban J connectivity index is 2.76. The molecule has 1 rings (SSSR count). The summed E-state index contributed by atoms with van der Waals surface area (Å²) in [6.45, 7) is 7.36. The summed E-state index contributed by atoms with van der Waals surface area (Å²) in [4.78, 5) is 11.6. The first-order chi connectivity index (χ1) is 7.29. The molecule has 0 aliphatic heterocycles. The second kappa shape index (κ2) is 5.81. The maximum absolute atomic E-state index is 11.6. The first-order valence-corrected chi connectivity index (χ1v) is 4.74. The minimum atomic E-state index is -0.397. The monoisotopic (exact) mass is 202 g/mol. The van der Waals surface area contributed by atoms with E-state index < -0.39 is 5.92 Å². The Morgan fingerprint density at radius 2 is 2.00 bits per heavy atom. The molecular formula is C13H14O2. The van der Waals surface area contributed by atoms with Gasteiger partial charge in [-0.1, -0.05) is 49.1 Å². The van der Waals surface area contributed by atoms with Gasteiger partial charge in [0.05, 0.1) is 5.92 Å². The highest BCUT2D eigenvalue weighted by Crippen LogP contribution is 2.17. The Morgan fingerprint density at radius 1 is 1.33 bits per heavy atom. The molecule has 0 spiro atoms. The topological polar surface area (TPSA) is 26.3 Å². The van der Waals surface area contributed by atoms with E-state index >= 15 is 0 Å². The van der Waals surface area contributed by atoms with Crippen LogP contribution in [0.5, 0.6) is 0 Å². The summed E-state index contributed by atoms with van der Waals surface area (Å²) in [5.41, 5.74) is 0.890. The number of benzene rings is 1. The molecule has 0 N–H and O–H groups in total. The third-order valence-corrected chi connectivity index (χ3v) is 1.99. The van der Waals surface area contributed by atoms with Crippen LogP contribution in [-0.2, 0) is 9.53 Å². The van der Waals surface area contributed by atoms with Crippen molar-refractivity contribution in [1.82, 2.24) is 0 Å². The fourth-order valence-corrected chi connectivity index (χ4v) is 1.26. The van der Waals surface area contributed by atoms with Gasteiger partial charge >= 0.3 is 5.97 Å². The van der Waals surface area contributed by atoms with Crippen molar-refractivity contribution in [2.75, 3.05) is 6.61 Å². The fraction of sp³-hybridized carbons (Fsp3) is 0.154. The molecular weight excluding hydrogens is 188 g/mol. The first kappa shape index (κ1) is 11.2. The average Bonchev–Trinajstić information content (AvgIpc) is 2.29. The third kappa shape index (κ3) is 3.09. The predicted octanol–water partition coefficient (Wildman–Crippen LogP) is 2.69. The summed E-state index contributed by atoms with van der Waals surface area (Å²) in [5.74, 6) is -0.692. The van der Waals surface area contributed by atoms with Gasteiger partial charge in [0.1, 0.15) is 6.61 Å².